The first kappa shape index (κ1) is 14.3. The lowest BCUT2D eigenvalue weighted by atomic mass is 9.82. The van der Waals surface area contributed by atoms with Gasteiger partial charge in [0.1, 0.15) is 0 Å². The summed E-state index contributed by atoms with van der Waals surface area (Å²) >= 11 is 1.81. The normalized spacial score (nSPS) is 14.2. The molecule has 1 aromatic carbocycles. The van der Waals surface area contributed by atoms with Crippen molar-refractivity contribution in [1.82, 2.24) is 4.98 Å². The van der Waals surface area contributed by atoms with Gasteiger partial charge in [0.25, 0.3) is 0 Å². The van der Waals surface area contributed by atoms with Gasteiger partial charge in [0, 0.05) is 17.5 Å². The Hall–Kier alpha value is -1.15. The van der Waals surface area contributed by atoms with Gasteiger partial charge in [0.05, 0.1) is 5.01 Å². The van der Waals surface area contributed by atoms with Crippen molar-refractivity contribution in [1.29, 1.82) is 0 Å². The predicted molar refractivity (Wildman–Crippen MR) is 83.7 cm³/mol. The fourth-order valence-electron chi connectivity index (χ4n) is 2.80. The largest absolute Gasteiger partial charge is 0.249 e. The van der Waals surface area contributed by atoms with Crippen molar-refractivity contribution in [3.8, 4) is 0 Å². The summed E-state index contributed by atoms with van der Waals surface area (Å²) in [5.74, 6) is 1.32. The third-order valence-corrected chi connectivity index (χ3v) is 4.73. The second-order valence-corrected chi connectivity index (χ2v) is 6.05. The Bertz CT molecular complexity index is 449. The monoisotopic (exact) mass is 273 g/mol. The van der Waals surface area contributed by atoms with Crippen LogP contribution in [0.2, 0.25) is 0 Å². The van der Waals surface area contributed by atoms with E-state index in [1.165, 1.54) is 29.8 Å². The van der Waals surface area contributed by atoms with E-state index in [4.69, 9.17) is 0 Å². The molecule has 0 aliphatic rings. The van der Waals surface area contributed by atoms with Gasteiger partial charge in [-0.25, -0.2) is 4.98 Å². The molecule has 2 aromatic rings. The van der Waals surface area contributed by atoms with E-state index < -0.39 is 0 Å². The maximum atomic E-state index is 4.58. The van der Waals surface area contributed by atoms with Gasteiger partial charge < -0.3 is 0 Å². The molecule has 0 saturated carbocycles. The number of nitrogens with zero attached hydrogens (tertiary/aromatic N) is 1. The maximum absolute atomic E-state index is 4.58. The van der Waals surface area contributed by atoms with Crippen LogP contribution in [0.1, 0.15) is 49.6 Å². The van der Waals surface area contributed by atoms with E-state index in [2.05, 4.69) is 54.5 Å². The first-order valence-electron chi connectivity index (χ1n) is 7.28. The maximum Gasteiger partial charge on any atom is 0.0961 e. The highest BCUT2D eigenvalue weighted by Gasteiger charge is 2.23. The minimum atomic E-state index is 0.576. The van der Waals surface area contributed by atoms with Crippen LogP contribution in [0.3, 0.4) is 0 Å². The summed E-state index contributed by atoms with van der Waals surface area (Å²) in [6.45, 7) is 4.59. The van der Waals surface area contributed by atoms with Gasteiger partial charge in [-0.3, -0.25) is 0 Å². The quantitative estimate of drug-likeness (QED) is 0.667. The number of hydrogen-bond donors (Lipinski definition) is 0. The van der Waals surface area contributed by atoms with Crippen molar-refractivity contribution in [2.45, 2.75) is 45.4 Å². The minimum Gasteiger partial charge on any atom is -0.249 e. The molecule has 19 heavy (non-hydrogen) atoms. The van der Waals surface area contributed by atoms with Crippen LogP contribution in [-0.2, 0) is 6.42 Å². The topological polar surface area (TPSA) is 12.9 Å². The van der Waals surface area contributed by atoms with Crippen LogP contribution in [-0.4, -0.2) is 4.98 Å². The van der Waals surface area contributed by atoms with Crippen LogP contribution in [0.5, 0.6) is 0 Å². The summed E-state index contributed by atoms with van der Waals surface area (Å²) in [5.41, 5.74) is 1.43. The number of benzene rings is 1. The molecule has 2 atom stereocenters. The molecule has 0 radical (unpaired) electrons. The van der Waals surface area contributed by atoms with Crippen LogP contribution >= 0.6 is 11.3 Å². The van der Waals surface area contributed by atoms with Crippen molar-refractivity contribution in [2.75, 3.05) is 0 Å². The molecule has 0 bridgehead atoms. The highest BCUT2D eigenvalue weighted by atomic mass is 32.1. The van der Waals surface area contributed by atoms with Crippen molar-refractivity contribution in [3.05, 3.63) is 52.5 Å². The molecule has 1 heterocycles. The van der Waals surface area contributed by atoms with E-state index in [-0.39, 0.29) is 0 Å². The van der Waals surface area contributed by atoms with Gasteiger partial charge >= 0.3 is 0 Å². The number of hydrogen-bond acceptors (Lipinski definition) is 2. The van der Waals surface area contributed by atoms with Crippen LogP contribution in [0.4, 0.5) is 0 Å². The van der Waals surface area contributed by atoms with E-state index in [1.807, 2.05) is 17.5 Å². The Balaban J connectivity index is 2.19. The molecule has 102 valence electrons. The van der Waals surface area contributed by atoms with Gasteiger partial charge in [-0.1, -0.05) is 63.4 Å². The predicted octanol–water partition coefficient (Wildman–Crippen LogP) is 5.30. The second kappa shape index (κ2) is 7.44. The van der Waals surface area contributed by atoms with Crippen LogP contribution in [0, 0.1) is 5.92 Å². The molecule has 2 heteroatoms. The molecule has 0 fully saturated rings. The Morgan fingerprint density at radius 2 is 1.95 bits per heavy atom. The average Bonchev–Trinajstić information content (AvgIpc) is 2.98. The molecule has 0 aliphatic carbocycles. The summed E-state index contributed by atoms with van der Waals surface area (Å²) in [6, 6.07) is 10.8. The molecular weight excluding hydrogens is 250 g/mol. The van der Waals surface area contributed by atoms with E-state index >= 15 is 0 Å². The summed E-state index contributed by atoms with van der Waals surface area (Å²) in [4.78, 5) is 4.58. The lowest BCUT2D eigenvalue weighted by Gasteiger charge is -2.24. The van der Waals surface area contributed by atoms with Crippen LogP contribution in [0.15, 0.2) is 41.9 Å². The molecule has 0 saturated heterocycles. The Labute approximate surface area is 120 Å². The Morgan fingerprint density at radius 1 is 1.16 bits per heavy atom. The zero-order valence-corrected chi connectivity index (χ0v) is 12.7. The molecule has 0 aliphatic heterocycles. The van der Waals surface area contributed by atoms with Gasteiger partial charge in [0.2, 0.25) is 0 Å². The molecule has 0 N–H and O–H groups in total. The van der Waals surface area contributed by atoms with Crippen molar-refractivity contribution < 1.29 is 0 Å². The van der Waals surface area contributed by atoms with E-state index in [0.29, 0.717) is 5.92 Å². The summed E-state index contributed by atoms with van der Waals surface area (Å²) < 4.78 is 0. The number of thiazole rings is 1. The molecule has 0 amide bonds. The van der Waals surface area contributed by atoms with Gasteiger partial charge in [0.15, 0.2) is 0 Å². The van der Waals surface area contributed by atoms with Crippen molar-refractivity contribution >= 4 is 11.3 Å². The van der Waals surface area contributed by atoms with Crippen molar-refractivity contribution in [2.24, 2.45) is 5.92 Å². The molecular formula is C17H23NS. The summed E-state index contributed by atoms with van der Waals surface area (Å²) in [6.07, 6.45) is 6.86. The molecule has 1 nitrogen and oxygen atoms in total. The minimum absolute atomic E-state index is 0.576. The summed E-state index contributed by atoms with van der Waals surface area (Å²) in [5, 5.41) is 3.41. The number of rotatable bonds is 7. The van der Waals surface area contributed by atoms with E-state index in [0.717, 1.165) is 12.3 Å². The van der Waals surface area contributed by atoms with Gasteiger partial charge in [-0.2, -0.15) is 0 Å². The SMILES string of the molecule is CCC[C@H](CC)C(Cc1ccccc1)c1nccs1. The lowest BCUT2D eigenvalue weighted by molar-refractivity contribution is 0.375. The highest BCUT2D eigenvalue weighted by Crippen LogP contribution is 2.34. The smallest absolute Gasteiger partial charge is 0.0961 e. The second-order valence-electron chi connectivity index (χ2n) is 5.12. The highest BCUT2D eigenvalue weighted by molar-refractivity contribution is 7.09. The molecule has 1 unspecified atom stereocenters. The van der Waals surface area contributed by atoms with Crippen LogP contribution in [0.25, 0.3) is 0 Å². The number of aromatic nitrogens is 1. The van der Waals surface area contributed by atoms with E-state index in [9.17, 15) is 0 Å². The first-order valence-corrected chi connectivity index (χ1v) is 8.16. The third kappa shape index (κ3) is 3.90. The lowest BCUT2D eigenvalue weighted by Crippen LogP contribution is -2.15. The summed E-state index contributed by atoms with van der Waals surface area (Å²) in [7, 11) is 0. The third-order valence-electron chi connectivity index (χ3n) is 3.82. The Kier molecular flexibility index (Phi) is 5.59. The van der Waals surface area contributed by atoms with Crippen LogP contribution < -0.4 is 0 Å². The first-order chi connectivity index (χ1) is 9.35. The van der Waals surface area contributed by atoms with Gasteiger partial charge in [-0.05, 0) is 17.9 Å². The zero-order valence-electron chi connectivity index (χ0n) is 11.9. The van der Waals surface area contributed by atoms with E-state index in [1.54, 1.807) is 0 Å². The fourth-order valence-corrected chi connectivity index (χ4v) is 3.64. The standard InChI is InChI=1S/C17H23NS/c1-3-8-15(4-2)16(17-18-11-12-19-17)13-14-9-6-5-7-10-14/h5-7,9-12,15-16H,3-4,8,13H2,1-2H3/t15-,16?/m0/s1. The molecule has 0 spiro atoms. The average molecular weight is 273 g/mol. The van der Waals surface area contributed by atoms with Crippen molar-refractivity contribution in [3.63, 3.8) is 0 Å². The van der Waals surface area contributed by atoms with Gasteiger partial charge in [-0.15, -0.1) is 11.3 Å². The molecule has 1 aromatic heterocycles. The zero-order chi connectivity index (χ0) is 13.5. The Morgan fingerprint density at radius 3 is 2.53 bits per heavy atom. The molecule has 2 rings (SSSR count). The fraction of sp³-hybridized carbons (Fsp3) is 0.471.